The molecule has 0 aromatic carbocycles. The van der Waals surface area contributed by atoms with Crippen LogP contribution in [0.15, 0.2) is 134 Å². The molecule has 1 atom stereocenters. The van der Waals surface area contributed by atoms with E-state index in [1.165, 1.54) is 64.2 Å². The van der Waals surface area contributed by atoms with Crippen molar-refractivity contribution < 1.29 is 28.6 Å². The van der Waals surface area contributed by atoms with E-state index in [0.29, 0.717) is 19.3 Å². The average Bonchev–Trinajstić information content (AvgIpc) is 3.37. The highest BCUT2D eigenvalue weighted by molar-refractivity contribution is 5.71. The minimum Gasteiger partial charge on any atom is -0.462 e. The Hall–Kier alpha value is -4.45. The fraction of sp³-hybridized carbons (Fsp3) is 0.615. The minimum absolute atomic E-state index is 0.110. The Labute approximate surface area is 436 Å². The summed E-state index contributed by atoms with van der Waals surface area (Å²) in [6.07, 6.45) is 81.6. The van der Waals surface area contributed by atoms with Gasteiger partial charge in [-0.15, -0.1) is 0 Å². The van der Waals surface area contributed by atoms with Gasteiger partial charge in [-0.3, -0.25) is 14.4 Å². The van der Waals surface area contributed by atoms with Gasteiger partial charge in [-0.2, -0.15) is 0 Å². The van der Waals surface area contributed by atoms with Gasteiger partial charge in [-0.1, -0.05) is 225 Å². The smallest absolute Gasteiger partial charge is 0.306 e. The number of unbranched alkanes of at least 4 members (excludes halogenated alkanes) is 17. The Bertz CT molecular complexity index is 1550. The van der Waals surface area contributed by atoms with Gasteiger partial charge in [0.15, 0.2) is 6.10 Å². The van der Waals surface area contributed by atoms with Gasteiger partial charge in [-0.05, 0) is 128 Å². The number of rotatable bonds is 50. The van der Waals surface area contributed by atoms with Crippen LogP contribution < -0.4 is 0 Å². The molecule has 0 aliphatic heterocycles. The van der Waals surface area contributed by atoms with Crippen molar-refractivity contribution in [2.45, 2.75) is 245 Å². The quantitative estimate of drug-likeness (QED) is 0.0262. The lowest BCUT2D eigenvalue weighted by atomic mass is 10.1. The van der Waals surface area contributed by atoms with Gasteiger partial charge in [0.1, 0.15) is 13.2 Å². The van der Waals surface area contributed by atoms with E-state index in [0.717, 1.165) is 128 Å². The molecule has 0 aromatic heterocycles. The first-order valence-corrected chi connectivity index (χ1v) is 28.7. The van der Waals surface area contributed by atoms with Crippen LogP contribution in [0.4, 0.5) is 0 Å². The molecule has 0 amide bonds. The molecule has 0 spiro atoms. The molecular formula is C65H104O6. The third-order valence-electron chi connectivity index (χ3n) is 11.6. The largest absolute Gasteiger partial charge is 0.462 e. The van der Waals surface area contributed by atoms with Crippen molar-refractivity contribution >= 4 is 17.9 Å². The van der Waals surface area contributed by atoms with E-state index in [4.69, 9.17) is 14.2 Å². The van der Waals surface area contributed by atoms with E-state index in [9.17, 15) is 14.4 Å². The fourth-order valence-corrected chi connectivity index (χ4v) is 7.30. The first kappa shape index (κ1) is 66.6. The van der Waals surface area contributed by atoms with Crippen LogP contribution in [0.2, 0.25) is 0 Å². The third-order valence-corrected chi connectivity index (χ3v) is 11.6. The molecule has 6 heteroatoms. The molecule has 0 bridgehead atoms. The molecule has 0 aromatic rings. The minimum atomic E-state index is -0.817. The molecule has 0 radical (unpaired) electrons. The normalized spacial score (nSPS) is 13.1. The molecule has 71 heavy (non-hydrogen) atoms. The second kappa shape index (κ2) is 58.1. The van der Waals surface area contributed by atoms with Gasteiger partial charge in [-0.25, -0.2) is 0 Å². The summed E-state index contributed by atoms with van der Waals surface area (Å²) >= 11 is 0. The Balaban J connectivity index is 4.49. The van der Waals surface area contributed by atoms with Crippen molar-refractivity contribution in [1.82, 2.24) is 0 Å². The lowest BCUT2D eigenvalue weighted by molar-refractivity contribution is -0.167. The highest BCUT2D eigenvalue weighted by Crippen LogP contribution is 2.13. The predicted octanol–water partition coefficient (Wildman–Crippen LogP) is 19.4. The highest BCUT2D eigenvalue weighted by Gasteiger charge is 2.19. The standard InChI is InChI=1S/C65H104O6/c1-4-7-10-13-16-19-22-24-26-28-30-31-32-33-35-36-38-40-43-46-49-52-55-58-64(67)70-61-62(60-69-63(66)57-54-51-48-45-42-21-18-15-12-9-6-3)71-65(68)59-56-53-50-47-44-41-39-37-34-29-27-25-23-20-17-14-11-8-5-2/h7,10,15-20,24-27,30-31,33-35,37-38,40,46,49,62H,4-6,8-9,11-14,21-23,28-29,32,36,39,41-45,47-48,50-61H2,1-3H3/b10-7-,18-15-,19-16-,20-17-,26-24-,27-25-,31-30-,35-33-,37-34-,40-38-,49-46-. The van der Waals surface area contributed by atoms with Crippen LogP contribution in [-0.2, 0) is 28.6 Å². The first-order chi connectivity index (χ1) is 35.0. The van der Waals surface area contributed by atoms with Crippen LogP contribution >= 0.6 is 0 Å². The number of hydrogen-bond acceptors (Lipinski definition) is 6. The summed E-state index contributed by atoms with van der Waals surface area (Å²) in [5.74, 6) is -1.000. The molecule has 6 nitrogen and oxygen atoms in total. The van der Waals surface area contributed by atoms with Crippen LogP contribution in [0.1, 0.15) is 239 Å². The number of hydrogen-bond donors (Lipinski definition) is 0. The van der Waals surface area contributed by atoms with Crippen molar-refractivity contribution in [2.24, 2.45) is 0 Å². The average molecular weight is 982 g/mol. The van der Waals surface area contributed by atoms with Gasteiger partial charge >= 0.3 is 17.9 Å². The van der Waals surface area contributed by atoms with Gasteiger partial charge in [0, 0.05) is 19.3 Å². The van der Waals surface area contributed by atoms with Crippen molar-refractivity contribution in [3.63, 3.8) is 0 Å². The van der Waals surface area contributed by atoms with Crippen LogP contribution in [0.5, 0.6) is 0 Å². The summed E-state index contributed by atoms with van der Waals surface area (Å²) in [6.45, 7) is 6.38. The maximum Gasteiger partial charge on any atom is 0.306 e. The topological polar surface area (TPSA) is 78.9 Å². The van der Waals surface area contributed by atoms with E-state index in [-0.39, 0.29) is 37.5 Å². The maximum absolute atomic E-state index is 12.8. The number of esters is 3. The van der Waals surface area contributed by atoms with E-state index in [1.807, 2.05) is 0 Å². The first-order valence-electron chi connectivity index (χ1n) is 28.7. The van der Waals surface area contributed by atoms with Crippen molar-refractivity contribution in [2.75, 3.05) is 13.2 Å². The molecule has 0 rings (SSSR count). The second-order valence-electron chi connectivity index (χ2n) is 18.5. The van der Waals surface area contributed by atoms with Gasteiger partial charge < -0.3 is 14.2 Å². The molecular weight excluding hydrogens is 877 g/mol. The molecule has 0 aliphatic rings. The number of allylic oxidation sites excluding steroid dienone is 22. The zero-order valence-corrected chi connectivity index (χ0v) is 45.7. The Morgan fingerprint density at radius 1 is 0.296 bits per heavy atom. The lowest BCUT2D eigenvalue weighted by Gasteiger charge is -2.18. The molecule has 0 fully saturated rings. The van der Waals surface area contributed by atoms with Gasteiger partial charge in [0.05, 0.1) is 0 Å². The van der Waals surface area contributed by atoms with Gasteiger partial charge in [0.2, 0.25) is 0 Å². The highest BCUT2D eigenvalue weighted by atomic mass is 16.6. The van der Waals surface area contributed by atoms with Gasteiger partial charge in [0.25, 0.3) is 0 Å². The Morgan fingerprint density at radius 3 is 0.972 bits per heavy atom. The van der Waals surface area contributed by atoms with E-state index < -0.39 is 6.10 Å². The second-order valence-corrected chi connectivity index (χ2v) is 18.5. The van der Waals surface area contributed by atoms with E-state index in [1.54, 1.807) is 0 Å². The summed E-state index contributed by atoms with van der Waals surface area (Å²) in [5.41, 5.74) is 0. The fourth-order valence-electron chi connectivity index (χ4n) is 7.30. The molecule has 0 aliphatic carbocycles. The van der Waals surface area contributed by atoms with Crippen molar-refractivity contribution in [3.05, 3.63) is 134 Å². The monoisotopic (exact) mass is 981 g/mol. The maximum atomic E-state index is 12.8. The van der Waals surface area contributed by atoms with Crippen molar-refractivity contribution in [3.8, 4) is 0 Å². The van der Waals surface area contributed by atoms with Crippen LogP contribution in [0, 0.1) is 0 Å². The number of carbonyl (C=O) groups excluding carboxylic acids is 3. The summed E-state index contributed by atoms with van der Waals surface area (Å²) in [5, 5.41) is 0. The van der Waals surface area contributed by atoms with Crippen molar-refractivity contribution in [1.29, 1.82) is 0 Å². The summed E-state index contributed by atoms with van der Waals surface area (Å²) in [4.78, 5) is 38.1. The van der Waals surface area contributed by atoms with Crippen LogP contribution in [-0.4, -0.2) is 37.2 Å². The van der Waals surface area contributed by atoms with Crippen LogP contribution in [0.3, 0.4) is 0 Å². The molecule has 0 N–H and O–H groups in total. The molecule has 0 heterocycles. The summed E-state index contributed by atoms with van der Waals surface area (Å²) < 4.78 is 16.8. The zero-order valence-electron chi connectivity index (χ0n) is 45.7. The molecule has 0 saturated heterocycles. The molecule has 1 unspecified atom stereocenters. The summed E-state index contributed by atoms with van der Waals surface area (Å²) in [7, 11) is 0. The Kier molecular flexibility index (Phi) is 54.5. The lowest BCUT2D eigenvalue weighted by Crippen LogP contribution is -2.30. The molecule has 400 valence electrons. The third kappa shape index (κ3) is 56.3. The molecule has 0 saturated carbocycles. The zero-order chi connectivity index (χ0) is 51.4. The Morgan fingerprint density at radius 2 is 0.577 bits per heavy atom. The van der Waals surface area contributed by atoms with E-state index in [2.05, 4.69) is 154 Å². The predicted molar refractivity (Wildman–Crippen MR) is 306 cm³/mol. The SMILES string of the molecule is CC/C=C\C/C=C\C/C=C\C/C=C\C/C=C\C/C=C\C/C=C\CCCC(=O)OCC(COC(=O)CCCCCCC/C=C\CCCC)OC(=O)CCCCCCCC/C=C\C/C=C\C/C=C\CCCCC. The van der Waals surface area contributed by atoms with E-state index >= 15 is 0 Å². The number of carbonyl (C=O) groups is 3. The number of ether oxygens (including phenoxy) is 3. The summed E-state index contributed by atoms with van der Waals surface area (Å²) in [6, 6.07) is 0. The van der Waals surface area contributed by atoms with Crippen LogP contribution in [0.25, 0.3) is 0 Å².